The molecule has 1 heterocycles. The van der Waals surface area contributed by atoms with E-state index in [2.05, 4.69) is 5.16 Å². The van der Waals surface area contributed by atoms with E-state index in [0.717, 1.165) is 17.7 Å². The maximum atomic E-state index is 5.65. The van der Waals surface area contributed by atoms with E-state index in [-0.39, 0.29) is 6.04 Å². The van der Waals surface area contributed by atoms with Crippen molar-refractivity contribution in [2.45, 2.75) is 26.3 Å². The zero-order chi connectivity index (χ0) is 9.14. The van der Waals surface area contributed by atoms with Crippen molar-refractivity contribution in [3.05, 3.63) is 11.3 Å². The van der Waals surface area contributed by atoms with Gasteiger partial charge in [0.1, 0.15) is 0 Å². The van der Waals surface area contributed by atoms with Gasteiger partial charge in [-0.2, -0.15) is 0 Å². The van der Waals surface area contributed by atoms with Crippen LogP contribution < -0.4 is 10.5 Å². The number of nitrogens with zero attached hydrogens (tertiary/aromatic N) is 1. The van der Waals surface area contributed by atoms with Crippen LogP contribution in [0.5, 0.6) is 5.95 Å². The minimum Gasteiger partial charge on any atom is -0.467 e. The van der Waals surface area contributed by atoms with Crippen molar-refractivity contribution in [2.24, 2.45) is 5.73 Å². The van der Waals surface area contributed by atoms with E-state index in [9.17, 15) is 0 Å². The molecule has 0 spiro atoms. The van der Waals surface area contributed by atoms with Crippen LogP contribution >= 0.6 is 0 Å². The summed E-state index contributed by atoms with van der Waals surface area (Å²) in [4.78, 5) is 0. The number of aryl methyl sites for hydroxylation is 1. The molecule has 0 aromatic carbocycles. The van der Waals surface area contributed by atoms with Crippen LogP contribution in [0.2, 0.25) is 0 Å². The third kappa shape index (κ3) is 1.76. The Kier molecular flexibility index (Phi) is 2.70. The lowest BCUT2D eigenvalue weighted by Gasteiger charge is -2.03. The standard InChI is InChI=1S/C8H14N2O2/c1-5(9)4-7-6(2)10-12-8(7)11-3/h5H,4,9H2,1-3H3. The number of nitrogens with two attached hydrogens (primary N) is 1. The molecule has 68 valence electrons. The lowest BCUT2D eigenvalue weighted by molar-refractivity contribution is 0.257. The van der Waals surface area contributed by atoms with Crippen LogP contribution in [0, 0.1) is 6.92 Å². The lowest BCUT2D eigenvalue weighted by atomic mass is 10.1. The molecule has 0 saturated heterocycles. The van der Waals surface area contributed by atoms with Crippen molar-refractivity contribution in [1.29, 1.82) is 0 Å². The van der Waals surface area contributed by atoms with Gasteiger partial charge in [0, 0.05) is 6.04 Å². The van der Waals surface area contributed by atoms with Crippen molar-refractivity contribution in [2.75, 3.05) is 7.11 Å². The van der Waals surface area contributed by atoms with Gasteiger partial charge in [0.15, 0.2) is 0 Å². The third-order valence-electron chi connectivity index (χ3n) is 1.66. The molecule has 1 aromatic rings. The molecular weight excluding hydrogens is 156 g/mol. The normalized spacial score (nSPS) is 13.0. The molecule has 1 aromatic heterocycles. The summed E-state index contributed by atoms with van der Waals surface area (Å²) in [5, 5.41) is 3.78. The van der Waals surface area contributed by atoms with Crippen LogP contribution in [0.1, 0.15) is 18.2 Å². The minimum atomic E-state index is 0.0944. The van der Waals surface area contributed by atoms with Crippen molar-refractivity contribution >= 4 is 0 Å². The number of hydrogen-bond acceptors (Lipinski definition) is 4. The molecule has 0 radical (unpaired) electrons. The van der Waals surface area contributed by atoms with E-state index in [4.69, 9.17) is 15.0 Å². The fourth-order valence-electron chi connectivity index (χ4n) is 1.08. The predicted molar refractivity (Wildman–Crippen MR) is 45.1 cm³/mol. The molecule has 2 N–H and O–H groups in total. The van der Waals surface area contributed by atoms with Gasteiger partial charge in [-0.3, -0.25) is 0 Å². The summed E-state index contributed by atoms with van der Waals surface area (Å²) in [6, 6.07) is 0.0944. The van der Waals surface area contributed by atoms with E-state index < -0.39 is 0 Å². The number of ether oxygens (including phenoxy) is 1. The first-order valence-corrected chi connectivity index (χ1v) is 3.90. The highest BCUT2D eigenvalue weighted by Gasteiger charge is 2.14. The van der Waals surface area contributed by atoms with Crippen LogP contribution in [-0.2, 0) is 6.42 Å². The van der Waals surface area contributed by atoms with Gasteiger partial charge in [0.25, 0.3) is 0 Å². The Labute approximate surface area is 71.7 Å². The average Bonchev–Trinajstić information content (AvgIpc) is 2.32. The molecule has 4 nitrogen and oxygen atoms in total. The zero-order valence-corrected chi connectivity index (χ0v) is 7.63. The number of aromatic nitrogens is 1. The molecule has 0 aliphatic rings. The second-order valence-corrected chi connectivity index (χ2v) is 2.92. The highest BCUT2D eigenvalue weighted by Crippen LogP contribution is 2.22. The summed E-state index contributed by atoms with van der Waals surface area (Å²) >= 11 is 0. The van der Waals surface area contributed by atoms with Gasteiger partial charge in [-0.25, -0.2) is 0 Å². The maximum Gasteiger partial charge on any atom is 0.314 e. The smallest absolute Gasteiger partial charge is 0.314 e. The van der Waals surface area contributed by atoms with Crippen LogP contribution in [0.3, 0.4) is 0 Å². The molecule has 1 atom stereocenters. The molecule has 0 amide bonds. The summed E-state index contributed by atoms with van der Waals surface area (Å²) < 4.78 is 9.90. The van der Waals surface area contributed by atoms with Crippen molar-refractivity contribution in [3.8, 4) is 5.95 Å². The minimum absolute atomic E-state index is 0.0944. The Morgan fingerprint density at radius 3 is 2.83 bits per heavy atom. The fraction of sp³-hybridized carbons (Fsp3) is 0.625. The summed E-state index contributed by atoms with van der Waals surface area (Å²) in [5.41, 5.74) is 7.47. The van der Waals surface area contributed by atoms with E-state index >= 15 is 0 Å². The van der Waals surface area contributed by atoms with Gasteiger partial charge < -0.3 is 15.0 Å². The number of methoxy groups -OCH3 is 1. The summed E-state index contributed by atoms with van der Waals surface area (Å²) in [6.45, 7) is 3.82. The molecule has 0 saturated carbocycles. The van der Waals surface area contributed by atoms with Crippen molar-refractivity contribution in [1.82, 2.24) is 5.16 Å². The van der Waals surface area contributed by atoms with Gasteiger partial charge in [0.05, 0.1) is 18.4 Å². The Hall–Kier alpha value is -1.03. The molecule has 4 heteroatoms. The Balaban J connectivity index is 2.86. The SMILES string of the molecule is COc1onc(C)c1CC(C)N. The van der Waals surface area contributed by atoms with E-state index in [1.54, 1.807) is 7.11 Å². The monoisotopic (exact) mass is 170 g/mol. The highest BCUT2D eigenvalue weighted by atomic mass is 16.6. The van der Waals surface area contributed by atoms with Crippen molar-refractivity contribution < 1.29 is 9.26 Å². The fourth-order valence-corrected chi connectivity index (χ4v) is 1.08. The van der Waals surface area contributed by atoms with E-state index in [1.165, 1.54) is 0 Å². The summed E-state index contributed by atoms with van der Waals surface area (Å²) in [6.07, 6.45) is 0.735. The first kappa shape index (κ1) is 9.06. The average molecular weight is 170 g/mol. The third-order valence-corrected chi connectivity index (χ3v) is 1.66. The predicted octanol–water partition coefficient (Wildman–Crippen LogP) is 0.881. The molecule has 12 heavy (non-hydrogen) atoms. The topological polar surface area (TPSA) is 61.3 Å². The highest BCUT2D eigenvalue weighted by molar-refractivity contribution is 5.27. The first-order chi connectivity index (χ1) is 5.65. The molecule has 0 fully saturated rings. The molecule has 0 aliphatic heterocycles. The summed E-state index contributed by atoms with van der Waals surface area (Å²) in [7, 11) is 1.56. The van der Waals surface area contributed by atoms with Crippen LogP contribution in [0.15, 0.2) is 4.52 Å². The zero-order valence-electron chi connectivity index (χ0n) is 7.63. The molecular formula is C8H14N2O2. The molecule has 1 unspecified atom stereocenters. The number of hydrogen-bond donors (Lipinski definition) is 1. The second-order valence-electron chi connectivity index (χ2n) is 2.92. The molecule has 0 aliphatic carbocycles. The lowest BCUT2D eigenvalue weighted by Crippen LogP contribution is -2.18. The van der Waals surface area contributed by atoms with Gasteiger partial charge in [-0.15, -0.1) is 0 Å². The van der Waals surface area contributed by atoms with Gasteiger partial charge in [-0.1, -0.05) is 5.16 Å². The summed E-state index contributed by atoms with van der Waals surface area (Å²) in [5.74, 6) is 0.477. The largest absolute Gasteiger partial charge is 0.467 e. The first-order valence-electron chi connectivity index (χ1n) is 3.90. The molecule has 1 rings (SSSR count). The quantitative estimate of drug-likeness (QED) is 0.731. The van der Waals surface area contributed by atoms with E-state index in [0.29, 0.717) is 5.95 Å². The second kappa shape index (κ2) is 3.58. The number of rotatable bonds is 3. The Morgan fingerprint density at radius 1 is 1.67 bits per heavy atom. The Bertz CT molecular complexity index is 256. The van der Waals surface area contributed by atoms with Gasteiger partial charge in [0.2, 0.25) is 0 Å². The maximum absolute atomic E-state index is 5.65. The van der Waals surface area contributed by atoms with Crippen molar-refractivity contribution in [3.63, 3.8) is 0 Å². The van der Waals surface area contributed by atoms with Crippen LogP contribution in [-0.4, -0.2) is 18.3 Å². The Morgan fingerprint density at radius 2 is 2.33 bits per heavy atom. The van der Waals surface area contributed by atoms with Crippen LogP contribution in [0.25, 0.3) is 0 Å². The van der Waals surface area contributed by atoms with Gasteiger partial charge in [-0.05, 0) is 20.3 Å². The molecule has 0 bridgehead atoms. The van der Waals surface area contributed by atoms with Gasteiger partial charge >= 0.3 is 5.95 Å². The van der Waals surface area contributed by atoms with Crippen LogP contribution in [0.4, 0.5) is 0 Å². The van der Waals surface area contributed by atoms with E-state index in [1.807, 2.05) is 13.8 Å².